The molecule has 0 aliphatic carbocycles. The average molecular weight is 251 g/mol. The Balaban J connectivity index is 2.63. The van der Waals surface area contributed by atoms with Crippen LogP contribution in [0.15, 0.2) is 6.07 Å². The predicted octanol–water partition coefficient (Wildman–Crippen LogP) is 1.59. The molecule has 0 saturated carbocycles. The third-order valence-electron chi connectivity index (χ3n) is 3.06. The highest BCUT2D eigenvalue weighted by atomic mass is 16.5. The molecule has 0 amide bonds. The lowest BCUT2D eigenvalue weighted by atomic mass is 9.90. The van der Waals surface area contributed by atoms with Crippen LogP contribution in [0.2, 0.25) is 0 Å². The Labute approximate surface area is 106 Å². The summed E-state index contributed by atoms with van der Waals surface area (Å²) in [5.74, 6) is 0.0741. The Morgan fingerprint density at radius 2 is 2.28 bits per heavy atom. The number of carbonyl (C=O) groups is 1. The van der Waals surface area contributed by atoms with Gasteiger partial charge in [-0.15, -0.1) is 0 Å². The highest BCUT2D eigenvalue weighted by Crippen LogP contribution is 2.41. The Bertz CT molecular complexity index is 494. The number of pyridine rings is 1. The SMILES string of the molecule is COC(=O)c1cc(C(C)O)c2c(n1)C(C)(C)CO2. The molecule has 5 nitrogen and oxygen atoms in total. The maximum Gasteiger partial charge on any atom is 0.356 e. The topological polar surface area (TPSA) is 68.7 Å². The second-order valence-corrected chi connectivity index (χ2v) is 5.11. The molecule has 1 aromatic heterocycles. The van der Waals surface area contributed by atoms with Crippen LogP contribution in [-0.4, -0.2) is 29.8 Å². The lowest BCUT2D eigenvalue weighted by molar-refractivity contribution is 0.0593. The van der Waals surface area contributed by atoms with Crippen molar-refractivity contribution in [2.75, 3.05) is 13.7 Å². The number of aromatic nitrogens is 1. The lowest BCUT2D eigenvalue weighted by Crippen LogP contribution is -2.20. The summed E-state index contributed by atoms with van der Waals surface area (Å²) in [6.07, 6.45) is -0.723. The van der Waals surface area contributed by atoms with Gasteiger partial charge in [0, 0.05) is 11.0 Å². The number of aliphatic hydroxyl groups excluding tert-OH is 1. The molecule has 1 aromatic rings. The number of hydrogen-bond donors (Lipinski definition) is 1. The van der Waals surface area contributed by atoms with Crippen LogP contribution in [0.1, 0.15) is 48.6 Å². The number of carbonyl (C=O) groups excluding carboxylic acids is 1. The monoisotopic (exact) mass is 251 g/mol. The van der Waals surface area contributed by atoms with Crippen molar-refractivity contribution in [2.24, 2.45) is 0 Å². The summed E-state index contributed by atoms with van der Waals surface area (Å²) in [7, 11) is 1.31. The summed E-state index contributed by atoms with van der Waals surface area (Å²) in [6.45, 7) is 6.09. The van der Waals surface area contributed by atoms with Crippen molar-refractivity contribution < 1.29 is 19.4 Å². The Kier molecular flexibility index (Phi) is 3.02. The summed E-state index contributed by atoms with van der Waals surface area (Å²) >= 11 is 0. The van der Waals surface area contributed by atoms with Crippen molar-refractivity contribution in [3.8, 4) is 5.75 Å². The van der Waals surface area contributed by atoms with E-state index in [9.17, 15) is 9.90 Å². The molecule has 5 heteroatoms. The van der Waals surface area contributed by atoms with Crippen LogP contribution >= 0.6 is 0 Å². The summed E-state index contributed by atoms with van der Waals surface area (Å²) in [5, 5.41) is 9.78. The second-order valence-electron chi connectivity index (χ2n) is 5.11. The second kappa shape index (κ2) is 4.24. The number of nitrogens with zero attached hydrogens (tertiary/aromatic N) is 1. The van der Waals surface area contributed by atoms with E-state index in [-0.39, 0.29) is 11.1 Å². The van der Waals surface area contributed by atoms with Gasteiger partial charge in [-0.05, 0) is 13.0 Å². The van der Waals surface area contributed by atoms with Gasteiger partial charge in [-0.3, -0.25) is 0 Å². The molecule has 98 valence electrons. The van der Waals surface area contributed by atoms with Crippen molar-refractivity contribution in [1.29, 1.82) is 0 Å². The minimum Gasteiger partial charge on any atom is -0.490 e. The minimum atomic E-state index is -0.723. The number of ether oxygens (including phenoxy) is 2. The van der Waals surface area contributed by atoms with Crippen LogP contribution in [0.25, 0.3) is 0 Å². The van der Waals surface area contributed by atoms with Crippen molar-refractivity contribution in [3.05, 3.63) is 23.0 Å². The third-order valence-corrected chi connectivity index (χ3v) is 3.06. The van der Waals surface area contributed by atoms with E-state index in [1.54, 1.807) is 6.92 Å². The zero-order valence-corrected chi connectivity index (χ0v) is 11.0. The van der Waals surface area contributed by atoms with E-state index in [1.165, 1.54) is 13.2 Å². The van der Waals surface area contributed by atoms with Gasteiger partial charge in [-0.25, -0.2) is 9.78 Å². The van der Waals surface area contributed by atoms with Gasteiger partial charge in [-0.1, -0.05) is 13.8 Å². The molecule has 1 aliphatic heterocycles. The molecule has 18 heavy (non-hydrogen) atoms. The van der Waals surface area contributed by atoms with Crippen LogP contribution in [-0.2, 0) is 10.2 Å². The molecule has 1 N–H and O–H groups in total. The fourth-order valence-electron chi connectivity index (χ4n) is 2.00. The zero-order valence-electron chi connectivity index (χ0n) is 11.0. The molecule has 0 fully saturated rings. The molecule has 2 rings (SSSR count). The lowest BCUT2D eigenvalue weighted by Gasteiger charge is -2.16. The molecule has 0 radical (unpaired) electrons. The van der Waals surface area contributed by atoms with Gasteiger partial charge in [0.05, 0.1) is 25.5 Å². The van der Waals surface area contributed by atoms with E-state index in [2.05, 4.69) is 9.72 Å². The summed E-state index contributed by atoms with van der Waals surface area (Å²) in [5.41, 5.74) is 1.20. The van der Waals surface area contributed by atoms with Gasteiger partial charge < -0.3 is 14.6 Å². The first kappa shape index (κ1) is 12.8. The molecule has 0 bridgehead atoms. The fraction of sp³-hybridized carbons (Fsp3) is 0.538. The van der Waals surface area contributed by atoms with Gasteiger partial charge in [0.1, 0.15) is 11.4 Å². The van der Waals surface area contributed by atoms with Crippen LogP contribution in [0.4, 0.5) is 0 Å². The first-order valence-electron chi connectivity index (χ1n) is 5.81. The Hall–Kier alpha value is -1.62. The molecule has 1 atom stereocenters. The average Bonchev–Trinajstić information content (AvgIpc) is 2.63. The highest BCUT2D eigenvalue weighted by molar-refractivity contribution is 5.87. The zero-order chi connectivity index (χ0) is 13.5. The summed E-state index contributed by atoms with van der Waals surface area (Å²) < 4.78 is 10.3. The standard InChI is InChI=1S/C13H17NO4/c1-7(15)8-5-9(12(16)17-4)14-11-10(8)18-6-13(11,2)3/h5,7,15H,6H2,1-4H3. The van der Waals surface area contributed by atoms with Gasteiger partial charge in [0.25, 0.3) is 0 Å². The van der Waals surface area contributed by atoms with Crippen molar-refractivity contribution in [1.82, 2.24) is 4.98 Å². The van der Waals surface area contributed by atoms with E-state index in [1.807, 2.05) is 13.8 Å². The van der Waals surface area contributed by atoms with Crippen molar-refractivity contribution in [2.45, 2.75) is 32.3 Å². The minimum absolute atomic E-state index is 0.200. The molecular formula is C13H17NO4. The maximum atomic E-state index is 11.6. The van der Waals surface area contributed by atoms with E-state index in [4.69, 9.17) is 4.74 Å². The van der Waals surface area contributed by atoms with Crippen LogP contribution in [0.5, 0.6) is 5.75 Å². The normalized spacial score (nSPS) is 17.8. The Morgan fingerprint density at radius 3 is 2.83 bits per heavy atom. The number of aliphatic hydroxyl groups is 1. The molecule has 1 aliphatic rings. The van der Waals surface area contributed by atoms with Crippen LogP contribution in [0, 0.1) is 0 Å². The maximum absolute atomic E-state index is 11.6. The molecule has 0 saturated heterocycles. The van der Waals surface area contributed by atoms with E-state index < -0.39 is 12.1 Å². The highest BCUT2D eigenvalue weighted by Gasteiger charge is 2.37. The molecule has 0 spiro atoms. The number of fused-ring (bicyclic) bond motifs is 1. The van der Waals surface area contributed by atoms with Crippen molar-refractivity contribution >= 4 is 5.97 Å². The first-order valence-corrected chi connectivity index (χ1v) is 5.81. The van der Waals surface area contributed by atoms with Gasteiger partial charge >= 0.3 is 5.97 Å². The van der Waals surface area contributed by atoms with Gasteiger partial charge in [0.2, 0.25) is 0 Å². The predicted molar refractivity (Wildman–Crippen MR) is 64.7 cm³/mol. The number of rotatable bonds is 2. The first-order chi connectivity index (χ1) is 8.36. The van der Waals surface area contributed by atoms with Gasteiger partial charge in [-0.2, -0.15) is 0 Å². The van der Waals surface area contributed by atoms with E-state index >= 15 is 0 Å². The molecule has 1 unspecified atom stereocenters. The smallest absolute Gasteiger partial charge is 0.356 e. The number of methoxy groups -OCH3 is 1. The molecule has 0 aromatic carbocycles. The Morgan fingerprint density at radius 1 is 1.61 bits per heavy atom. The quantitative estimate of drug-likeness (QED) is 0.808. The fourth-order valence-corrected chi connectivity index (χ4v) is 2.00. The molecule has 2 heterocycles. The van der Waals surface area contributed by atoms with E-state index in [0.29, 0.717) is 23.6 Å². The molecular weight excluding hydrogens is 234 g/mol. The number of hydrogen-bond acceptors (Lipinski definition) is 5. The number of esters is 1. The van der Waals surface area contributed by atoms with Crippen LogP contribution in [0.3, 0.4) is 0 Å². The summed E-state index contributed by atoms with van der Waals surface area (Å²) in [6, 6.07) is 1.52. The largest absolute Gasteiger partial charge is 0.490 e. The van der Waals surface area contributed by atoms with Crippen LogP contribution < -0.4 is 4.74 Å². The summed E-state index contributed by atoms with van der Waals surface area (Å²) in [4.78, 5) is 15.9. The van der Waals surface area contributed by atoms with E-state index in [0.717, 1.165) is 0 Å². The van der Waals surface area contributed by atoms with Crippen molar-refractivity contribution in [3.63, 3.8) is 0 Å². The third kappa shape index (κ3) is 1.95. The van der Waals surface area contributed by atoms with Gasteiger partial charge in [0.15, 0.2) is 0 Å².